The molecular formula is C12H21N3O3S. The van der Waals surface area contributed by atoms with Gasteiger partial charge in [-0.1, -0.05) is 19.9 Å². The lowest BCUT2D eigenvalue weighted by Crippen LogP contribution is -2.27. The highest BCUT2D eigenvalue weighted by Crippen LogP contribution is 2.27. The lowest BCUT2D eigenvalue weighted by Gasteiger charge is -2.24. The second-order valence-corrected chi connectivity index (χ2v) is 6.30. The van der Waals surface area contributed by atoms with Crippen LogP contribution < -0.4 is 16.2 Å². The first-order chi connectivity index (χ1) is 8.77. The van der Waals surface area contributed by atoms with Crippen molar-refractivity contribution in [3.63, 3.8) is 0 Å². The summed E-state index contributed by atoms with van der Waals surface area (Å²) >= 11 is 0. The number of nitrogen functional groups attached to an aromatic ring is 1. The Labute approximate surface area is 113 Å². The minimum absolute atomic E-state index is 0.00280. The van der Waals surface area contributed by atoms with Crippen molar-refractivity contribution in [2.45, 2.75) is 31.2 Å². The highest BCUT2D eigenvalue weighted by Gasteiger charge is 2.18. The lowest BCUT2D eigenvalue weighted by molar-refractivity contribution is 0.267. The topological polar surface area (TPSA) is 118 Å². The molecule has 0 fully saturated rings. The number of rotatable bonds is 6. The second-order valence-electron chi connectivity index (χ2n) is 4.77. The minimum Gasteiger partial charge on any atom is -0.396 e. The third-order valence-electron chi connectivity index (χ3n) is 2.96. The molecule has 0 bridgehead atoms. The van der Waals surface area contributed by atoms with Gasteiger partial charge in [-0.2, -0.15) is 0 Å². The molecule has 6 nitrogen and oxygen atoms in total. The van der Waals surface area contributed by atoms with Crippen molar-refractivity contribution in [3.8, 4) is 0 Å². The Kier molecular flexibility index (Phi) is 5.16. The van der Waals surface area contributed by atoms with Gasteiger partial charge in [-0.3, -0.25) is 0 Å². The van der Waals surface area contributed by atoms with Gasteiger partial charge in [0.05, 0.1) is 11.4 Å². The number of para-hydroxylation sites is 1. The summed E-state index contributed by atoms with van der Waals surface area (Å²) in [5, 5.41) is 17.3. The van der Waals surface area contributed by atoms with Gasteiger partial charge in [0.1, 0.15) is 4.90 Å². The lowest BCUT2D eigenvalue weighted by atomic mass is 10.0. The molecule has 1 aromatic carbocycles. The summed E-state index contributed by atoms with van der Waals surface area (Å²) < 4.78 is 22.8. The fourth-order valence-corrected chi connectivity index (χ4v) is 2.51. The summed E-state index contributed by atoms with van der Waals surface area (Å²) in [6.45, 7) is 4.06. The predicted molar refractivity (Wildman–Crippen MR) is 76.2 cm³/mol. The van der Waals surface area contributed by atoms with Crippen molar-refractivity contribution in [2.75, 3.05) is 17.7 Å². The largest absolute Gasteiger partial charge is 0.396 e. The van der Waals surface area contributed by atoms with Crippen molar-refractivity contribution in [1.29, 1.82) is 0 Å². The molecule has 108 valence electrons. The molecule has 1 aromatic rings. The molecule has 0 aliphatic rings. The van der Waals surface area contributed by atoms with Crippen LogP contribution in [0.25, 0.3) is 0 Å². The third-order valence-corrected chi connectivity index (χ3v) is 3.93. The maximum absolute atomic E-state index is 11.4. The molecule has 0 spiro atoms. The molecule has 0 amide bonds. The summed E-state index contributed by atoms with van der Waals surface area (Å²) in [7, 11) is -3.84. The Balaban J connectivity index is 3.08. The van der Waals surface area contributed by atoms with Crippen LogP contribution in [0, 0.1) is 5.92 Å². The fourth-order valence-electron chi connectivity index (χ4n) is 1.83. The van der Waals surface area contributed by atoms with Crippen LogP contribution in [0.1, 0.15) is 20.3 Å². The zero-order valence-electron chi connectivity index (χ0n) is 11.1. The van der Waals surface area contributed by atoms with Gasteiger partial charge in [0.2, 0.25) is 10.0 Å². The summed E-state index contributed by atoms with van der Waals surface area (Å²) in [5.41, 5.74) is 6.45. The first-order valence-corrected chi connectivity index (χ1v) is 7.60. The molecule has 0 aromatic heterocycles. The number of aliphatic hydroxyl groups excluding tert-OH is 1. The number of benzene rings is 1. The fraction of sp³-hybridized carbons (Fsp3) is 0.500. The van der Waals surface area contributed by atoms with E-state index in [4.69, 9.17) is 16.0 Å². The molecule has 1 atom stereocenters. The number of hydrogen-bond donors (Lipinski definition) is 4. The van der Waals surface area contributed by atoms with Crippen molar-refractivity contribution in [2.24, 2.45) is 11.1 Å². The first-order valence-electron chi connectivity index (χ1n) is 6.06. The maximum atomic E-state index is 11.4. The van der Waals surface area contributed by atoms with Crippen LogP contribution in [-0.4, -0.2) is 26.2 Å². The summed E-state index contributed by atoms with van der Waals surface area (Å²) in [6.07, 6.45) is 0.552. The van der Waals surface area contributed by atoms with E-state index in [0.717, 1.165) is 0 Å². The van der Waals surface area contributed by atoms with E-state index in [1.807, 2.05) is 13.8 Å². The molecule has 19 heavy (non-hydrogen) atoms. The quantitative estimate of drug-likeness (QED) is 0.575. The van der Waals surface area contributed by atoms with Crippen LogP contribution >= 0.6 is 0 Å². The molecule has 7 heteroatoms. The second kappa shape index (κ2) is 6.23. The average molecular weight is 287 g/mol. The van der Waals surface area contributed by atoms with Crippen LogP contribution in [0.4, 0.5) is 11.4 Å². The normalized spacial score (nSPS) is 13.5. The van der Waals surface area contributed by atoms with Crippen molar-refractivity contribution >= 4 is 21.4 Å². The average Bonchev–Trinajstić information content (AvgIpc) is 2.29. The molecular weight excluding hydrogens is 266 g/mol. The molecule has 6 N–H and O–H groups in total. The molecule has 0 saturated heterocycles. The van der Waals surface area contributed by atoms with E-state index in [9.17, 15) is 8.42 Å². The Bertz CT molecular complexity index is 529. The molecule has 0 radical (unpaired) electrons. The Morgan fingerprint density at radius 1 is 1.37 bits per heavy atom. The number of aliphatic hydroxyl groups is 1. The monoisotopic (exact) mass is 287 g/mol. The maximum Gasteiger partial charge on any atom is 0.240 e. The van der Waals surface area contributed by atoms with Gasteiger partial charge >= 0.3 is 0 Å². The summed E-state index contributed by atoms with van der Waals surface area (Å²) in [4.78, 5) is -0.0935. The highest BCUT2D eigenvalue weighted by molar-refractivity contribution is 7.89. The van der Waals surface area contributed by atoms with Gasteiger partial charge in [-0.05, 0) is 24.5 Å². The Morgan fingerprint density at radius 3 is 2.47 bits per heavy atom. The SMILES string of the molecule is CC(C)C(CCO)Nc1cccc(S(N)(=O)=O)c1N. The molecule has 0 saturated carbocycles. The van der Waals surface area contributed by atoms with Crippen molar-refractivity contribution < 1.29 is 13.5 Å². The summed E-state index contributed by atoms with van der Waals surface area (Å²) in [6, 6.07) is 4.64. The highest BCUT2D eigenvalue weighted by atomic mass is 32.2. The zero-order chi connectivity index (χ0) is 14.6. The van der Waals surface area contributed by atoms with Gasteiger partial charge in [-0.15, -0.1) is 0 Å². The van der Waals surface area contributed by atoms with Crippen LogP contribution in [0.2, 0.25) is 0 Å². The van der Waals surface area contributed by atoms with Gasteiger partial charge in [-0.25, -0.2) is 13.6 Å². The van der Waals surface area contributed by atoms with Crippen molar-refractivity contribution in [1.82, 2.24) is 0 Å². The standard InChI is InChI=1S/C12H21N3O3S/c1-8(2)9(6-7-16)15-10-4-3-5-11(12(10)13)19(14,17)18/h3-5,8-9,15-16H,6-7,13H2,1-2H3,(H2,14,17,18). The smallest absolute Gasteiger partial charge is 0.240 e. The van der Waals surface area contributed by atoms with Gasteiger partial charge in [0.25, 0.3) is 0 Å². The van der Waals surface area contributed by atoms with E-state index < -0.39 is 10.0 Å². The molecule has 0 heterocycles. The van der Waals surface area contributed by atoms with Crippen LogP contribution in [-0.2, 0) is 10.0 Å². The summed E-state index contributed by atoms with van der Waals surface area (Å²) in [5.74, 6) is 0.268. The van der Waals surface area contributed by atoms with Crippen LogP contribution in [0.3, 0.4) is 0 Å². The van der Waals surface area contributed by atoms with Crippen LogP contribution in [0.15, 0.2) is 23.1 Å². The molecule has 0 aliphatic carbocycles. The number of sulfonamides is 1. The van der Waals surface area contributed by atoms with Crippen molar-refractivity contribution in [3.05, 3.63) is 18.2 Å². The van der Waals surface area contributed by atoms with E-state index in [1.54, 1.807) is 12.1 Å². The number of nitrogens with one attached hydrogen (secondary N) is 1. The minimum atomic E-state index is -3.84. The van der Waals surface area contributed by atoms with Gasteiger partial charge < -0.3 is 16.2 Å². The molecule has 1 unspecified atom stereocenters. The van der Waals surface area contributed by atoms with E-state index >= 15 is 0 Å². The number of nitrogens with two attached hydrogens (primary N) is 2. The zero-order valence-corrected chi connectivity index (χ0v) is 11.9. The molecule has 0 aliphatic heterocycles. The third kappa shape index (κ3) is 4.09. The van der Waals surface area contributed by atoms with Gasteiger partial charge in [0, 0.05) is 12.6 Å². The predicted octanol–water partition coefficient (Wildman–Crippen LogP) is 0.735. The number of hydrogen-bond acceptors (Lipinski definition) is 5. The van der Waals surface area contributed by atoms with E-state index in [0.29, 0.717) is 12.1 Å². The Hall–Kier alpha value is -1.31. The van der Waals surface area contributed by atoms with Gasteiger partial charge in [0.15, 0.2) is 0 Å². The Morgan fingerprint density at radius 2 is 2.00 bits per heavy atom. The number of anilines is 2. The van der Waals surface area contributed by atoms with E-state index in [-0.39, 0.29) is 29.1 Å². The molecule has 1 rings (SSSR count). The first kappa shape index (κ1) is 15.7. The van der Waals surface area contributed by atoms with E-state index in [2.05, 4.69) is 5.32 Å². The van der Waals surface area contributed by atoms with Crippen LogP contribution in [0.5, 0.6) is 0 Å². The number of primary sulfonamides is 1. The van der Waals surface area contributed by atoms with E-state index in [1.165, 1.54) is 6.07 Å².